The molecule has 7 nitrogen and oxygen atoms in total. The molecule has 0 unspecified atom stereocenters. The van der Waals surface area contributed by atoms with Crippen LogP contribution in [0.5, 0.6) is 0 Å². The third kappa shape index (κ3) is 5.14. The third-order valence-corrected chi connectivity index (χ3v) is 4.95. The number of ether oxygens (including phenoxy) is 1. The molecule has 0 radical (unpaired) electrons. The van der Waals surface area contributed by atoms with Gasteiger partial charge in [-0.25, -0.2) is 0 Å². The second-order valence-electron chi connectivity index (χ2n) is 6.54. The van der Waals surface area contributed by atoms with Gasteiger partial charge in [-0.2, -0.15) is 0 Å². The number of rotatable bonds is 6. The van der Waals surface area contributed by atoms with Crippen molar-refractivity contribution < 1.29 is 9.53 Å². The van der Waals surface area contributed by atoms with E-state index in [9.17, 15) is 4.79 Å². The Hall–Kier alpha value is -1.70. The van der Waals surface area contributed by atoms with Crippen molar-refractivity contribution in [2.45, 2.75) is 6.92 Å². The van der Waals surface area contributed by atoms with Gasteiger partial charge in [0.25, 0.3) is 5.91 Å². The molecule has 7 heteroatoms. The number of piperazine rings is 1. The summed E-state index contributed by atoms with van der Waals surface area (Å²) in [5.74, 6) is 0.0348. The van der Waals surface area contributed by atoms with Crippen LogP contribution < -0.4 is 5.32 Å². The first kappa shape index (κ1) is 18.1. The van der Waals surface area contributed by atoms with Crippen molar-refractivity contribution in [3.05, 3.63) is 24.0 Å². The Balaban J connectivity index is 1.49. The van der Waals surface area contributed by atoms with E-state index in [0.717, 1.165) is 77.8 Å². The van der Waals surface area contributed by atoms with Crippen LogP contribution in [0, 0.1) is 0 Å². The van der Waals surface area contributed by atoms with Gasteiger partial charge >= 0.3 is 0 Å². The van der Waals surface area contributed by atoms with E-state index < -0.39 is 0 Å². The smallest absolute Gasteiger partial charge is 0.272 e. The Morgan fingerprint density at radius 3 is 2.64 bits per heavy atom. The van der Waals surface area contributed by atoms with Crippen molar-refractivity contribution >= 4 is 11.6 Å². The van der Waals surface area contributed by atoms with Gasteiger partial charge < -0.3 is 19.9 Å². The molecule has 2 fully saturated rings. The Kier molecular flexibility index (Phi) is 6.61. The quantitative estimate of drug-likeness (QED) is 0.813. The van der Waals surface area contributed by atoms with Crippen LogP contribution in [0.2, 0.25) is 0 Å². The van der Waals surface area contributed by atoms with Crippen LogP contribution in [-0.4, -0.2) is 97.7 Å². The summed E-state index contributed by atoms with van der Waals surface area (Å²) in [7, 11) is 0. The summed E-state index contributed by atoms with van der Waals surface area (Å²) in [6.45, 7) is 12.1. The molecule has 25 heavy (non-hydrogen) atoms. The largest absolute Gasteiger partial charge is 0.384 e. The molecule has 138 valence electrons. The number of anilines is 1. The Morgan fingerprint density at radius 1 is 1.16 bits per heavy atom. The SMILES string of the molecule is CCN1CCN(C(=O)c2cc(NCCN3CCOCC3)ccn2)CC1. The second kappa shape index (κ2) is 9.12. The van der Waals surface area contributed by atoms with E-state index in [-0.39, 0.29) is 5.91 Å². The maximum Gasteiger partial charge on any atom is 0.272 e. The number of carbonyl (C=O) groups is 1. The molecule has 1 amide bonds. The normalized spacial score (nSPS) is 19.8. The lowest BCUT2D eigenvalue weighted by molar-refractivity contribution is 0.0398. The second-order valence-corrected chi connectivity index (χ2v) is 6.54. The highest BCUT2D eigenvalue weighted by molar-refractivity contribution is 5.93. The summed E-state index contributed by atoms with van der Waals surface area (Å²) in [5, 5.41) is 3.40. The van der Waals surface area contributed by atoms with Crippen LogP contribution in [0.15, 0.2) is 18.3 Å². The predicted molar refractivity (Wildman–Crippen MR) is 98.0 cm³/mol. The minimum absolute atomic E-state index is 0.0348. The highest BCUT2D eigenvalue weighted by Gasteiger charge is 2.22. The number of nitrogens with zero attached hydrogens (tertiary/aromatic N) is 4. The van der Waals surface area contributed by atoms with Crippen LogP contribution in [0.3, 0.4) is 0 Å². The van der Waals surface area contributed by atoms with Gasteiger partial charge in [-0.3, -0.25) is 14.7 Å². The van der Waals surface area contributed by atoms with Gasteiger partial charge in [-0.15, -0.1) is 0 Å². The topological polar surface area (TPSA) is 60.9 Å². The first-order chi connectivity index (χ1) is 12.3. The lowest BCUT2D eigenvalue weighted by Gasteiger charge is -2.33. The van der Waals surface area contributed by atoms with Crippen molar-refractivity contribution in [3.63, 3.8) is 0 Å². The van der Waals surface area contributed by atoms with E-state index >= 15 is 0 Å². The van der Waals surface area contributed by atoms with Crippen molar-refractivity contribution in [2.75, 3.05) is 77.4 Å². The van der Waals surface area contributed by atoms with E-state index in [1.807, 2.05) is 17.0 Å². The summed E-state index contributed by atoms with van der Waals surface area (Å²) in [5.41, 5.74) is 1.49. The lowest BCUT2D eigenvalue weighted by atomic mass is 10.2. The van der Waals surface area contributed by atoms with Crippen molar-refractivity contribution in [1.29, 1.82) is 0 Å². The summed E-state index contributed by atoms with van der Waals surface area (Å²) in [4.78, 5) is 23.6. The third-order valence-electron chi connectivity index (χ3n) is 4.95. The van der Waals surface area contributed by atoms with Gasteiger partial charge in [-0.05, 0) is 18.7 Å². The first-order valence-electron chi connectivity index (χ1n) is 9.28. The van der Waals surface area contributed by atoms with Gasteiger partial charge in [0.1, 0.15) is 5.69 Å². The van der Waals surface area contributed by atoms with E-state index in [1.165, 1.54) is 0 Å². The minimum atomic E-state index is 0.0348. The van der Waals surface area contributed by atoms with E-state index in [0.29, 0.717) is 5.69 Å². The van der Waals surface area contributed by atoms with Crippen LogP contribution >= 0.6 is 0 Å². The standard InChI is InChI=1S/C18H29N5O2/c1-2-21-7-9-23(10-8-21)18(24)17-15-16(3-4-20-17)19-5-6-22-11-13-25-14-12-22/h3-4,15H,2,5-14H2,1H3,(H,19,20). The number of hydrogen-bond acceptors (Lipinski definition) is 6. The van der Waals surface area contributed by atoms with E-state index in [1.54, 1.807) is 6.20 Å². The molecule has 1 aromatic rings. The molecule has 0 aliphatic carbocycles. The van der Waals surface area contributed by atoms with Gasteiger partial charge in [-0.1, -0.05) is 6.92 Å². The average Bonchev–Trinajstić information content (AvgIpc) is 2.68. The summed E-state index contributed by atoms with van der Waals surface area (Å²) in [6, 6.07) is 3.79. The summed E-state index contributed by atoms with van der Waals surface area (Å²) in [6.07, 6.45) is 1.71. The van der Waals surface area contributed by atoms with Crippen LogP contribution in [-0.2, 0) is 4.74 Å². The van der Waals surface area contributed by atoms with Gasteiger partial charge in [0.05, 0.1) is 13.2 Å². The maximum atomic E-state index is 12.7. The molecule has 2 aliphatic heterocycles. The lowest BCUT2D eigenvalue weighted by Crippen LogP contribution is -2.48. The molecule has 0 atom stereocenters. The molecule has 2 saturated heterocycles. The maximum absolute atomic E-state index is 12.7. The molecule has 3 rings (SSSR count). The molecule has 0 bridgehead atoms. The minimum Gasteiger partial charge on any atom is -0.384 e. The molecular weight excluding hydrogens is 318 g/mol. The number of likely N-dealkylation sites (N-methyl/N-ethyl adjacent to an activating group) is 1. The molecule has 2 aliphatic rings. The number of nitrogens with one attached hydrogen (secondary N) is 1. The van der Waals surface area contributed by atoms with Crippen molar-refractivity contribution in [2.24, 2.45) is 0 Å². The highest BCUT2D eigenvalue weighted by atomic mass is 16.5. The van der Waals surface area contributed by atoms with Crippen LogP contribution in [0.4, 0.5) is 5.69 Å². The zero-order valence-electron chi connectivity index (χ0n) is 15.1. The summed E-state index contributed by atoms with van der Waals surface area (Å²) >= 11 is 0. The Morgan fingerprint density at radius 2 is 1.92 bits per heavy atom. The zero-order valence-corrected chi connectivity index (χ0v) is 15.1. The highest BCUT2D eigenvalue weighted by Crippen LogP contribution is 2.12. The molecule has 1 aromatic heterocycles. The fourth-order valence-electron chi connectivity index (χ4n) is 3.27. The first-order valence-corrected chi connectivity index (χ1v) is 9.28. The van der Waals surface area contributed by atoms with E-state index in [4.69, 9.17) is 4.74 Å². The Bertz CT molecular complexity index is 554. The number of hydrogen-bond donors (Lipinski definition) is 1. The van der Waals surface area contributed by atoms with Crippen LogP contribution in [0.25, 0.3) is 0 Å². The molecule has 0 saturated carbocycles. The molecule has 1 N–H and O–H groups in total. The van der Waals surface area contributed by atoms with Crippen molar-refractivity contribution in [3.8, 4) is 0 Å². The monoisotopic (exact) mass is 347 g/mol. The van der Waals surface area contributed by atoms with Gasteiger partial charge in [0, 0.05) is 64.2 Å². The van der Waals surface area contributed by atoms with E-state index in [2.05, 4.69) is 27.0 Å². The zero-order chi connectivity index (χ0) is 17.5. The van der Waals surface area contributed by atoms with Crippen LogP contribution in [0.1, 0.15) is 17.4 Å². The molecule has 0 aromatic carbocycles. The average molecular weight is 347 g/mol. The fraction of sp³-hybridized carbons (Fsp3) is 0.667. The predicted octanol–water partition coefficient (Wildman–Crippen LogP) is 0.603. The number of carbonyl (C=O) groups excluding carboxylic acids is 1. The van der Waals surface area contributed by atoms with Crippen molar-refractivity contribution in [1.82, 2.24) is 19.7 Å². The Labute approximate surface area is 149 Å². The molecule has 3 heterocycles. The van der Waals surface area contributed by atoms with Gasteiger partial charge in [0.15, 0.2) is 0 Å². The molecular formula is C18H29N5O2. The van der Waals surface area contributed by atoms with Gasteiger partial charge in [0.2, 0.25) is 0 Å². The summed E-state index contributed by atoms with van der Waals surface area (Å²) < 4.78 is 5.36. The fourth-order valence-corrected chi connectivity index (χ4v) is 3.27. The molecule has 0 spiro atoms. The number of amides is 1. The number of aromatic nitrogens is 1. The number of pyridine rings is 1. The number of morpholine rings is 1.